The fourth-order valence-electron chi connectivity index (χ4n) is 3.37. The van der Waals surface area contributed by atoms with E-state index in [0.29, 0.717) is 16.8 Å². The maximum Gasteiger partial charge on any atom is 1.00 e. The Morgan fingerprint density at radius 3 is 1.74 bits per heavy atom. The van der Waals surface area contributed by atoms with E-state index in [0.717, 1.165) is 16.0 Å². The second-order valence-corrected chi connectivity index (χ2v) is 8.74. The molecule has 3 rings (SSSR count). The average molecular weight is 493 g/mol. The molecule has 0 aliphatic carbocycles. The molecule has 0 bridgehead atoms. The molecule has 0 aliphatic heterocycles. The summed E-state index contributed by atoms with van der Waals surface area (Å²) < 4.78 is 40.9. The molecule has 0 atom stereocenters. The molecule has 0 unspecified atom stereocenters. The van der Waals surface area contributed by atoms with Crippen molar-refractivity contribution in [2.45, 2.75) is 39.1 Å². The summed E-state index contributed by atoms with van der Waals surface area (Å²) in [7, 11) is 0. The third-order valence-corrected chi connectivity index (χ3v) is 5.18. The van der Waals surface area contributed by atoms with Gasteiger partial charge in [0.05, 0.1) is 6.54 Å². The van der Waals surface area contributed by atoms with Gasteiger partial charge in [-0.05, 0) is 51.9 Å². The number of carboxylic acid groups (broad SMARTS) is 1. The van der Waals surface area contributed by atoms with Gasteiger partial charge in [-0.3, -0.25) is 4.79 Å². The molecule has 0 fully saturated rings. The molecule has 0 heterocycles. The molecule has 0 saturated heterocycles. The van der Waals surface area contributed by atoms with Crippen LogP contribution in [-0.4, -0.2) is 18.2 Å². The van der Waals surface area contributed by atoms with Gasteiger partial charge in [-0.1, -0.05) is 69.3 Å². The Hall–Kier alpha value is -2.81. The smallest absolute Gasteiger partial charge is 0.540 e. The third-order valence-electron chi connectivity index (χ3n) is 5.18. The summed E-state index contributed by atoms with van der Waals surface area (Å²) in [5, 5.41) is 11.3. The number of hydrogen-bond acceptors (Lipinski definition) is 4. The molecule has 178 valence electrons. The van der Waals surface area contributed by atoms with Crippen LogP contribution in [0.4, 0.5) is 18.9 Å². The maximum atomic E-state index is 12.3. The Morgan fingerprint density at radius 2 is 1.31 bits per heavy atom. The fourth-order valence-corrected chi connectivity index (χ4v) is 3.37. The van der Waals surface area contributed by atoms with Gasteiger partial charge < -0.3 is 19.5 Å². The molecule has 0 aliphatic rings. The van der Waals surface area contributed by atoms with Crippen molar-refractivity contribution < 1.29 is 62.2 Å². The van der Waals surface area contributed by atoms with Crippen LogP contribution < -0.4 is 44.3 Å². The third kappa shape index (κ3) is 7.85. The molecule has 3 aromatic carbocycles. The van der Waals surface area contributed by atoms with E-state index >= 15 is 0 Å². The maximum absolute atomic E-state index is 12.3. The number of rotatable bonds is 5. The first-order valence-corrected chi connectivity index (χ1v) is 10.4. The minimum Gasteiger partial charge on any atom is -0.540 e. The largest absolute Gasteiger partial charge is 1.00 e. The second-order valence-electron chi connectivity index (χ2n) is 8.74. The Bertz CT molecular complexity index is 1150. The number of carboxylic acids is 1. The van der Waals surface area contributed by atoms with Crippen LogP contribution in [0.1, 0.15) is 31.9 Å². The number of alkyl halides is 3. The number of halogens is 3. The number of amides is 1. The Balaban J connectivity index is 0.00000432. The van der Waals surface area contributed by atoms with Crippen molar-refractivity contribution in [3.8, 4) is 16.9 Å². The summed E-state index contributed by atoms with van der Waals surface area (Å²) in [5.74, 6) is -3.34. The van der Waals surface area contributed by atoms with Crippen LogP contribution in [0.5, 0.6) is 5.75 Å². The molecule has 0 aromatic heterocycles. The van der Waals surface area contributed by atoms with E-state index in [-0.39, 0.29) is 47.3 Å². The predicted molar refractivity (Wildman–Crippen MR) is 120 cm³/mol. The van der Waals surface area contributed by atoms with Gasteiger partial charge in [0.15, 0.2) is 0 Å². The van der Waals surface area contributed by atoms with Gasteiger partial charge in [-0.2, -0.15) is 0 Å². The summed E-state index contributed by atoms with van der Waals surface area (Å²) in [6.07, 6.45) is -4.77. The van der Waals surface area contributed by atoms with E-state index in [1.165, 1.54) is 24.3 Å². The molecule has 0 spiro atoms. The summed E-state index contributed by atoms with van der Waals surface area (Å²) in [6.45, 7) is 6.26. The minimum atomic E-state index is -4.77. The van der Waals surface area contributed by atoms with Crippen LogP contribution in [0.2, 0.25) is 0 Å². The Labute approximate surface area is 223 Å². The van der Waals surface area contributed by atoms with Crippen LogP contribution >= 0.6 is 0 Å². The second kappa shape index (κ2) is 11.3. The van der Waals surface area contributed by atoms with Crippen molar-refractivity contribution in [3.05, 3.63) is 83.9 Å². The number of carbonyl (C=O) groups excluding carboxylic acids is 2. The number of hydrogen-bond donors (Lipinski definition) is 0. The van der Waals surface area contributed by atoms with E-state index in [4.69, 9.17) is 0 Å². The van der Waals surface area contributed by atoms with E-state index in [1.807, 2.05) is 24.3 Å². The van der Waals surface area contributed by atoms with Crippen molar-refractivity contribution in [2.24, 2.45) is 0 Å². The summed E-state index contributed by atoms with van der Waals surface area (Å²) in [4.78, 5) is 24.8. The molecule has 0 radical (unpaired) electrons. The van der Waals surface area contributed by atoms with Gasteiger partial charge in [0.1, 0.15) is 11.7 Å². The van der Waals surface area contributed by atoms with Crippen molar-refractivity contribution in [1.82, 2.24) is 0 Å². The number of benzene rings is 3. The standard InChI is InChI=1S/C26H24F3NO4.Na/c1-25(2,3)20-10-4-17(5-11-20)16-30(23(31)24(32)33)21-12-6-18(7-13-21)19-8-14-22(15-9-19)34-26(27,28)29;/h4-15H,16H2,1-3H3,(H,32,33);/q;+1/p-1. The van der Waals surface area contributed by atoms with Crippen molar-refractivity contribution in [2.75, 3.05) is 4.90 Å². The van der Waals surface area contributed by atoms with Gasteiger partial charge in [-0.15, -0.1) is 13.2 Å². The molecular weight excluding hydrogens is 470 g/mol. The predicted octanol–water partition coefficient (Wildman–Crippen LogP) is 1.84. The van der Waals surface area contributed by atoms with Crippen molar-refractivity contribution in [1.29, 1.82) is 0 Å². The first-order valence-electron chi connectivity index (χ1n) is 10.4. The summed E-state index contributed by atoms with van der Waals surface area (Å²) in [5.41, 5.74) is 3.42. The summed E-state index contributed by atoms with van der Waals surface area (Å²) >= 11 is 0. The average Bonchev–Trinajstić information content (AvgIpc) is 2.76. The normalized spacial score (nSPS) is 11.4. The zero-order chi connectivity index (χ0) is 25.1. The van der Waals surface area contributed by atoms with E-state index in [2.05, 4.69) is 25.5 Å². The topological polar surface area (TPSA) is 69.7 Å². The van der Waals surface area contributed by atoms with Crippen LogP contribution in [0.3, 0.4) is 0 Å². The molecule has 1 amide bonds. The SMILES string of the molecule is CC(C)(C)c1ccc(CN(C(=O)C(=O)[O-])c2ccc(-c3ccc(OC(F)(F)F)cc3)cc2)cc1.[Na+]. The monoisotopic (exact) mass is 493 g/mol. The van der Waals surface area contributed by atoms with Crippen LogP contribution in [-0.2, 0) is 21.5 Å². The molecule has 5 nitrogen and oxygen atoms in total. The van der Waals surface area contributed by atoms with Crippen LogP contribution in [0.15, 0.2) is 72.8 Å². The van der Waals surface area contributed by atoms with Gasteiger partial charge in [0.2, 0.25) is 0 Å². The minimum absolute atomic E-state index is 0. The van der Waals surface area contributed by atoms with Gasteiger partial charge in [0, 0.05) is 5.69 Å². The number of ether oxygens (including phenoxy) is 1. The van der Waals surface area contributed by atoms with Gasteiger partial charge in [-0.25, -0.2) is 0 Å². The van der Waals surface area contributed by atoms with Gasteiger partial charge in [0.25, 0.3) is 5.91 Å². The first kappa shape index (κ1) is 28.4. The Morgan fingerprint density at radius 1 is 0.829 bits per heavy atom. The van der Waals surface area contributed by atoms with Crippen LogP contribution in [0.25, 0.3) is 11.1 Å². The van der Waals surface area contributed by atoms with E-state index in [9.17, 15) is 27.9 Å². The number of carbonyl (C=O) groups is 2. The van der Waals surface area contributed by atoms with E-state index in [1.54, 1.807) is 24.3 Å². The zero-order valence-corrected chi connectivity index (χ0v) is 21.8. The first-order chi connectivity index (χ1) is 15.8. The molecule has 0 N–H and O–H groups in total. The van der Waals surface area contributed by atoms with Gasteiger partial charge >= 0.3 is 35.9 Å². The quantitative estimate of drug-likeness (QED) is 0.402. The van der Waals surface area contributed by atoms with Crippen molar-refractivity contribution in [3.63, 3.8) is 0 Å². The molecule has 0 saturated carbocycles. The zero-order valence-electron chi connectivity index (χ0n) is 19.8. The fraction of sp³-hybridized carbons (Fsp3) is 0.231. The molecular formula is C26H23F3NNaO4. The van der Waals surface area contributed by atoms with E-state index < -0.39 is 18.2 Å². The number of nitrogens with zero attached hydrogens (tertiary/aromatic N) is 1. The molecule has 35 heavy (non-hydrogen) atoms. The van der Waals surface area contributed by atoms with Crippen molar-refractivity contribution >= 4 is 17.6 Å². The Kier molecular flexibility index (Phi) is 9.17. The van der Waals surface area contributed by atoms with Crippen LogP contribution in [0, 0.1) is 0 Å². The molecule has 3 aromatic rings. The molecule has 9 heteroatoms. The number of aliphatic carboxylic acids is 1. The summed E-state index contributed by atoms with van der Waals surface area (Å²) in [6, 6.07) is 19.3. The number of anilines is 1.